The number of nitrogens with two attached hydrogens (primary N) is 1. The van der Waals surface area contributed by atoms with Gasteiger partial charge >= 0.3 is 0 Å². The van der Waals surface area contributed by atoms with Crippen LogP contribution in [0.3, 0.4) is 0 Å². The van der Waals surface area contributed by atoms with E-state index in [1.54, 1.807) is 0 Å². The fraction of sp³-hybridized carbons (Fsp3) is 0.700. The second-order valence-electron chi connectivity index (χ2n) is 2.94. The van der Waals surface area contributed by atoms with Gasteiger partial charge in [-0.1, -0.05) is 32.8 Å². The highest BCUT2D eigenvalue weighted by atomic mass is 16.1. The predicted octanol–water partition coefficient (Wildman–Crippen LogP) is 2.39. The number of unbranched alkanes of at least 4 members (excludes halogenated alkanes) is 3. The van der Waals surface area contributed by atoms with Gasteiger partial charge in [0.2, 0.25) is 5.91 Å². The maximum absolute atomic E-state index is 10.7. The van der Waals surface area contributed by atoms with Crippen LogP contribution in [0.25, 0.3) is 0 Å². The molecule has 0 aromatic heterocycles. The lowest BCUT2D eigenvalue weighted by atomic mass is 10.1. The van der Waals surface area contributed by atoms with Crippen molar-refractivity contribution in [3.05, 3.63) is 11.6 Å². The largest absolute Gasteiger partial charge is 0.366 e. The lowest BCUT2D eigenvalue weighted by Gasteiger charge is -1.98. The monoisotopic (exact) mass is 169 g/mol. The standard InChI is InChI=1S/C10H19NO/c1-3-5-6-7-8-9(4-2)10(11)12/h8H,3-7H2,1-2H3,(H2,11,12). The van der Waals surface area contributed by atoms with Crippen molar-refractivity contribution >= 4 is 5.91 Å². The molecule has 0 spiro atoms. The minimum absolute atomic E-state index is 0.269. The Balaban J connectivity index is 3.71. The lowest BCUT2D eigenvalue weighted by Crippen LogP contribution is -2.13. The van der Waals surface area contributed by atoms with Gasteiger partial charge in [0.15, 0.2) is 0 Å². The molecule has 2 nitrogen and oxygen atoms in total. The molecule has 0 aliphatic heterocycles. The van der Waals surface area contributed by atoms with Crippen molar-refractivity contribution in [1.82, 2.24) is 0 Å². The van der Waals surface area contributed by atoms with E-state index < -0.39 is 0 Å². The molecular formula is C10H19NO. The Morgan fingerprint density at radius 3 is 2.42 bits per heavy atom. The quantitative estimate of drug-likeness (QED) is 0.481. The Hall–Kier alpha value is -0.790. The molecule has 0 fully saturated rings. The van der Waals surface area contributed by atoms with Gasteiger partial charge in [-0.25, -0.2) is 0 Å². The van der Waals surface area contributed by atoms with Crippen LogP contribution in [-0.4, -0.2) is 5.91 Å². The van der Waals surface area contributed by atoms with Gasteiger partial charge in [0.1, 0.15) is 0 Å². The zero-order valence-electron chi connectivity index (χ0n) is 8.10. The van der Waals surface area contributed by atoms with Crippen molar-refractivity contribution < 1.29 is 4.79 Å². The van der Waals surface area contributed by atoms with Gasteiger partial charge in [0.05, 0.1) is 0 Å². The first-order valence-corrected chi connectivity index (χ1v) is 4.71. The summed E-state index contributed by atoms with van der Waals surface area (Å²) in [5, 5.41) is 0. The maximum Gasteiger partial charge on any atom is 0.244 e. The van der Waals surface area contributed by atoms with Crippen LogP contribution in [0.1, 0.15) is 46.0 Å². The Morgan fingerprint density at radius 1 is 1.33 bits per heavy atom. The summed E-state index contributed by atoms with van der Waals surface area (Å²) in [4.78, 5) is 10.7. The Morgan fingerprint density at radius 2 is 2.00 bits per heavy atom. The van der Waals surface area contributed by atoms with E-state index >= 15 is 0 Å². The molecule has 0 aromatic rings. The van der Waals surface area contributed by atoms with E-state index in [1.165, 1.54) is 12.8 Å². The van der Waals surface area contributed by atoms with Crippen LogP contribution in [0.5, 0.6) is 0 Å². The minimum Gasteiger partial charge on any atom is -0.366 e. The lowest BCUT2D eigenvalue weighted by molar-refractivity contribution is -0.114. The van der Waals surface area contributed by atoms with Crippen LogP contribution < -0.4 is 5.73 Å². The highest BCUT2D eigenvalue weighted by Gasteiger charge is 1.99. The summed E-state index contributed by atoms with van der Waals surface area (Å²) in [5.74, 6) is -0.269. The zero-order chi connectivity index (χ0) is 9.40. The van der Waals surface area contributed by atoms with Crippen molar-refractivity contribution in [3.63, 3.8) is 0 Å². The van der Waals surface area contributed by atoms with E-state index in [2.05, 4.69) is 6.92 Å². The third kappa shape index (κ3) is 4.94. The summed E-state index contributed by atoms with van der Waals surface area (Å²) >= 11 is 0. The van der Waals surface area contributed by atoms with Gasteiger partial charge in [-0.15, -0.1) is 0 Å². The highest BCUT2D eigenvalue weighted by Crippen LogP contribution is 2.05. The van der Waals surface area contributed by atoms with E-state index in [1.807, 2.05) is 13.0 Å². The number of carbonyl (C=O) groups is 1. The number of amides is 1. The molecule has 0 aliphatic carbocycles. The predicted molar refractivity (Wildman–Crippen MR) is 51.7 cm³/mol. The first kappa shape index (κ1) is 11.2. The number of allylic oxidation sites excluding steroid dienone is 1. The van der Waals surface area contributed by atoms with Crippen molar-refractivity contribution in [2.45, 2.75) is 46.0 Å². The van der Waals surface area contributed by atoms with Crippen LogP contribution in [0.4, 0.5) is 0 Å². The maximum atomic E-state index is 10.7. The van der Waals surface area contributed by atoms with Crippen molar-refractivity contribution in [2.75, 3.05) is 0 Å². The third-order valence-corrected chi connectivity index (χ3v) is 1.90. The molecule has 0 heterocycles. The van der Waals surface area contributed by atoms with Crippen LogP contribution in [0.2, 0.25) is 0 Å². The molecule has 0 unspecified atom stereocenters. The van der Waals surface area contributed by atoms with E-state index in [9.17, 15) is 4.79 Å². The first-order chi connectivity index (χ1) is 5.72. The molecule has 70 valence electrons. The molecule has 0 radical (unpaired) electrons. The molecule has 0 aromatic carbocycles. The van der Waals surface area contributed by atoms with Gasteiger partial charge < -0.3 is 5.73 Å². The summed E-state index contributed by atoms with van der Waals surface area (Å²) in [6, 6.07) is 0. The number of hydrogen-bond acceptors (Lipinski definition) is 1. The molecule has 1 amide bonds. The van der Waals surface area contributed by atoms with E-state index in [0.29, 0.717) is 0 Å². The smallest absolute Gasteiger partial charge is 0.244 e. The van der Waals surface area contributed by atoms with Gasteiger partial charge in [-0.2, -0.15) is 0 Å². The van der Waals surface area contributed by atoms with Crippen LogP contribution in [-0.2, 0) is 4.79 Å². The number of carbonyl (C=O) groups excluding carboxylic acids is 1. The summed E-state index contributed by atoms with van der Waals surface area (Å²) in [5.41, 5.74) is 5.92. The van der Waals surface area contributed by atoms with Crippen molar-refractivity contribution in [2.24, 2.45) is 5.73 Å². The molecule has 0 atom stereocenters. The number of primary amides is 1. The summed E-state index contributed by atoms with van der Waals surface area (Å²) in [6.45, 7) is 4.12. The molecule has 0 aliphatic rings. The summed E-state index contributed by atoms with van der Waals surface area (Å²) in [7, 11) is 0. The van der Waals surface area contributed by atoms with Gasteiger partial charge in [-0.05, 0) is 19.3 Å². The average molecular weight is 169 g/mol. The van der Waals surface area contributed by atoms with E-state index in [-0.39, 0.29) is 5.91 Å². The molecule has 2 N–H and O–H groups in total. The Bertz CT molecular complexity index is 161. The summed E-state index contributed by atoms with van der Waals surface area (Å²) < 4.78 is 0. The van der Waals surface area contributed by atoms with Gasteiger partial charge in [0, 0.05) is 5.57 Å². The van der Waals surface area contributed by atoms with Crippen molar-refractivity contribution in [3.8, 4) is 0 Å². The third-order valence-electron chi connectivity index (χ3n) is 1.90. The number of hydrogen-bond donors (Lipinski definition) is 1. The van der Waals surface area contributed by atoms with Crippen LogP contribution in [0.15, 0.2) is 11.6 Å². The molecule has 0 rings (SSSR count). The molecule has 0 saturated heterocycles. The van der Waals surface area contributed by atoms with Crippen LogP contribution >= 0.6 is 0 Å². The molecular weight excluding hydrogens is 150 g/mol. The second-order valence-corrected chi connectivity index (χ2v) is 2.94. The molecule has 2 heteroatoms. The second kappa shape index (κ2) is 6.89. The normalized spacial score (nSPS) is 11.7. The molecule has 0 saturated carbocycles. The van der Waals surface area contributed by atoms with Gasteiger partial charge in [0.25, 0.3) is 0 Å². The zero-order valence-corrected chi connectivity index (χ0v) is 8.10. The number of rotatable bonds is 6. The highest BCUT2D eigenvalue weighted by molar-refractivity contribution is 5.91. The van der Waals surface area contributed by atoms with Crippen LogP contribution in [0, 0.1) is 0 Å². The SMILES string of the molecule is CCCCCC=C(CC)C(N)=O. The molecule has 0 bridgehead atoms. The Kier molecular flexibility index (Phi) is 6.44. The fourth-order valence-corrected chi connectivity index (χ4v) is 1.09. The fourth-order valence-electron chi connectivity index (χ4n) is 1.09. The summed E-state index contributed by atoms with van der Waals surface area (Å²) in [6.07, 6.45) is 7.31. The van der Waals surface area contributed by atoms with E-state index in [4.69, 9.17) is 5.73 Å². The topological polar surface area (TPSA) is 43.1 Å². The Labute approximate surface area is 74.8 Å². The van der Waals surface area contributed by atoms with E-state index in [0.717, 1.165) is 24.8 Å². The first-order valence-electron chi connectivity index (χ1n) is 4.71. The van der Waals surface area contributed by atoms with Gasteiger partial charge in [-0.3, -0.25) is 4.79 Å². The van der Waals surface area contributed by atoms with Crippen molar-refractivity contribution in [1.29, 1.82) is 0 Å². The molecule has 12 heavy (non-hydrogen) atoms. The average Bonchev–Trinajstić information content (AvgIpc) is 2.04. The minimum atomic E-state index is -0.269.